The second-order valence-corrected chi connectivity index (χ2v) is 7.66. The van der Waals surface area contributed by atoms with Crippen molar-refractivity contribution in [1.29, 1.82) is 0 Å². The smallest absolute Gasteiger partial charge is 0.214 e. The Morgan fingerprint density at radius 1 is 1.23 bits per heavy atom. The third-order valence-electron chi connectivity index (χ3n) is 5.48. The summed E-state index contributed by atoms with van der Waals surface area (Å²) in [5.41, 5.74) is 3.37. The van der Waals surface area contributed by atoms with Crippen LogP contribution in [0, 0.1) is 6.92 Å². The number of nitrogens with zero attached hydrogens (tertiary/aromatic N) is 3. The maximum Gasteiger partial charge on any atom is 0.214 e. The SMILES string of the molecule is CN=C(NCc1ncc(-c2ccc(C)cc2)o1)NC1CCN(c2ccccc2OC)C1. The number of oxazole rings is 1. The highest BCUT2D eigenvalue weighted by Crippen LogP contribution is 2.30. The molecule has 1 atom stereocenters. The lowest BCUT2D eigenvalue weighted by atomic mass is 10.1. The van der Waals surface area contributed by atoms with Crippen molar-refractivity contribution < 1.29 is 9.15 Å². The number of aryl methyl sites for hydroxylation is 1. The molecule has 2 aromatic carbocycles. The minimum absolute atomic E-state index is 0.295. The number of benzene rings is 2. The van der Waals surface area contributed by atoms with Gasteiger partial charge in [-0.2, -0.15) is 0 Å². The molecule has 1 unspecified atom stereocenters. The molecule has 7 heteroatoms. The van der Waals surface area contributed by atoms with Gasteiger partial charge in [-0.25, -0.2) is 4.98 Å². The fourth-order valence-corrected chi connectivity index (χ4v) is 3.78. The molecule has 4 rings (SSSR count). The molecule has 1 aliphatic rings. The van der Waals surface area contributed by atoms with Crippen molar-refractivity contribution in [3.63, 3.8) is 0 Å². The predicted octanol–water partition coefficient (Wildman–Crippen LogP) is 3.60. The van der Waals surface area contributed by atoms with Gasteiger partial charge in [-0.1, -0.05) is 42.0 Å². The molecular formula is C24H29N5O2. The lowest BCUT2D eigenvalue weighted by Crippen LogP contribution is -2.44. The Morgan fingerprint density at radius 2 is 2.03 bits per heavy atom. The van der Waals surface area contributed by atoms with E-state index in [0.717, 1.165) is 48.2 Å². The van der Waals surface area contributed by atoms with Crippen LogP contribution in [0.15, 0.2) is 64.1 Å². The molecule has 1 fully saturated rings. The number of methoxy groups -OCH3 is 1. The Balaban J connectivity index is 1.31. The lowest BCUT2D eigenvalue weighted by Gasteiger charge is -2.22. The number of anilines is 1. The van der Waals surface area contributed by atoms with Gasteiger partial charge in [0.2, 0.25) is 5.89 Å². The van der Waals surface area contributed by atoms with Crippen LogP contribution in [0.25, 0.3) is 11.3 Å². The van der Waals surface area contributed by atoms with Gasteiger partial charge in [-0.3, -0.25) is 4.99 Å². The summed E-state index contributed by atoms with van der Waals surface area (Å²) < 4.78 is 11.4. The van der Waals surface area contributed by atoms with Crippen LogP contribution in [-0.4, -0.2) is 44.2 Å². The van der Waals surface area contributed by atoms with Crippen molar-refractivity contribution >= 4 is 11.6 Å². The maximum absolute atomic E-state index is 5.90. The van der Waals surface area contributed by atoms with Crippen molar-refractivity contribution in [2.45, 2.75) is 25.9 Å². The average Bonchev–Trinajstić information content (AvgIpc) is 3.47. The van der Waals surface area contributed by atoms with Crippen LogP contribution in [0.1, 0.15) is 17.9 Å². The lowest BCUT2D eigenvalue weighted by molar-refractivity contribution is 0.415. The van der Waals surface area contributed by atoms with Crippen LogP contribution in [0.3, 0.4) is 0 Å². The van der Waals surface area contributed by atoms with Gasteiger partial charge >= 0.3 is 0 Å². The molecular weight excluding hydrogens is 390 g/mol. The molecule has 0 bridgehead atoms. The van der Waals surface area contributed by atoms with Gasteiger partial charge in [0.25, 0.3) is 0 Å². The first-order valence-electron chi connectivity index (χ1n) is 10.5. The summed E-state index contributed by atoms with van der Waals surface area (Å²) in [6.07, 6.45) is 2.79. The molecule has 2 N–H and O–H groups in total. The molecule has 31 heavy (non-hydrogen) atoms. The van der Waals surface area contributed by atoms with Gasteiger partial charge in [0.1, 0.15) is 5.75 Å². The van der Waals surface area contributed by atoms with Gasteiger partial charge in [-0.05, 0) is 25.5 Å². The number of hydrogen-bond acceptors (Lipinski definition) is 5. The summed E-state index contributed by atoms with van der Waals surface area (Å²) in [6, 6.07) is 16.6. The van der Waals surface area contributed by atoms with Crippen molar-refractivity contribution in [1.82, 2.24) is 15.6 Å². The van der Waals surface area contributed by atoms with Crippen molar-refractivity contribution in [2.24, 2.45) is 4.99 Å². The van der Waals surface area contributed by atoms with E-state index in [2.05, 4.69) is 50.6 Å². The average molecular weight is 420 g/mol. The van der Waals surface area contributed by atoms with Crippen LogP contribution in [-0.2, 0) is 6.54 Å². The van der Waals surface area contributed by atoms with E-state index in [1.807, 2.05) is 30.3 Å². The fourth-order valence-electron chi connectivity index (χ4n) is 3.78. The van der Waals surface area contributed by atoms with Crippen LogP contribution in [0.5, 0.6) is 5.75 Å². The monoisotopic (exact) mass is 419 g/mol. The molecule has 162 valence electrons. The summed E-state index contributed by atoms with van der Waals surface area (Å²) in [4.78, 5) is 11.1. The van der Waals surface area contributed by atoms with E-state index in [0.29, 0.717) is 18.5 Å². The molecule has 1 aromatic heterocycles. The highest BCUT2D eigenvalue weighted by molar-refractivity contribution is 5.80. The summed E-state index contributed by atoms with van der Waals surface area (Å²) >= 11 is 0. The van der Waals surface area contributed by atoms with Gasteiger partial charge < -0.3 is 24.7 Å². The second-order valence-electron chi connectivity index (χ2n) is 7.66. The zero-order valence-corrected chi connectivity index (χ0v) is 18.3. The molecule has 0 amide bonds. The van der Waals surface area contributed by atoms with Crippen molar-refractivity contribution in [2.75, 3.05) is 32.1 Å². The zero-order chi connectivity index (χ0) is 21.6. The Kier molecular flexibility index (Phi) is 6.40. The van der Waals surface area contributed by atoms with Gasteiger partial charge in [0, 0.05) is 31.7 Å². The normalized spacial score (nSPS) is 16.4. The number of nitrogens with one attached hydrogen (secondary N) is 2. The van der Waals surface area contributed by atoms with E-state index in [9.17, 15) is 0 Å². The minimum Gasteiger partial charge on any atom is -0.495 e. The second kappa shape index (κ2) is 9.55. The van der Waals surface area contributed by atoms with E-state index in [-0.39, 0.29) is 0 Å². The zero-order valence-electron chi connectivity index (χ0n) is 18.3. The summed E-state index contributed by atoms with van der Waals surface area (Å²) in [6.45, 7) is 4.39. The Morgan fingerprint density at radius 3 is 2.81 bits per heavy atom. The quantitative estimate of drug-likeness (QED) is 0.470. The van der Waals surface area contributed by atoms with E-state index >= 15 is 0 Å². The molecule has 3 aromatic rings. The molecule has 1 saturated heterocycles. The Hall–Kier alpha value is -3.48. The molecule has 2 heterocycles. The number of aromatic nitrogens is 1. The molecule has 0 saturated carbocycles. The third-order valence-corrected chi connectivity index (χ3v) is 5.48. The molecule has 0 aliphatic carbocycles. The predicted molar refractivity (Wildman–Crippen MR) is 124 cm³/mol. The molecule has 0 spiro atoms. The van der Waals surface area contributed by atoms with E-state index in [1.54, 1.807) is 20.4 Å². The highest BCUT2D eigenvalue weighted by atomic mass is 16.5. The molecule has 7 nitrogen and oxygen atoms in total. The topological polar surface area (TPSA) is 74.9 Å². The number of hydrogen-bond donors (Lipinski definition) is 2. The third kappa shape index (κ3) is 4.99. The number of aliphatic imine (C=N–C) groups is 1. The standard InChI is InChI=1S/C24H29N5O2/c1-17-8-10-18(11-9-17)22-14-26-23(31-22)15-27-24(25-2)28-19-12-13-29(16-19)20-6-4-5-7-21(20)30-3/h4-11,14,19H,12-13,15-16H2,1-3H3,(H2,25,27,28). The fraction of sp³-hybridized carbons (Fsp3) is 0.333. The first-order valence-corrected chi connectivity index (χ1v) is 10.5. The number of guanidine groups is 1. The summed E-state index contributed by atoms with van der Waals surface area (Å²) in [7, 11) is 3.49. The summed E-state index contributed by atoms with van der Waals surface area (Å²) in [5, 5.41) is 6.81. The molecule has 1 aliphatic heterocycles. The largest absolute Gasteiger partial charge is 0.495 e. The summed E-state index contributed by atoms with van der Waals surface area (Å²) in [5.74, 6) is 3.03. The van der Waals surface area contributed by atoms with Gasteiger partial charge in [0.05, 0.1) is 25.5 Å². The first-order chi connectivity index (χ1) is 15.2. The number of rotatable bonds is 6. The highest BCUT2D eigenvalue weighted by Gasteiger charge is 2.25. The van der Waals surface area contributed by atoms with E-state index < -0.39 is 0 Å². The van der Waals surface area contributed by atoms with Crippen LogP contribution < -0.4 is 20.3 Å². The van der Waals surface area contributed by atoms with Crippen LogP contribution in [0.4, 0.5) is 5.69 Å². The Labute approximate surface area is 183 Å². The van der Waals surface area contributed by atoms with Crippen molar-refractivity contribution in [3.8, 4) is 17.1 Å². The number of ether oxygens (including phenoxy) is 1. The first kappa shape index (κ1) is 20.8. The minimum atomic E-state index is 0.295. The maximum atomic E-state index is 5.90. The van der Waals surface area contributed by atoms with Crippen molar-refractivity contribution in [3.05, 3.63) is 66.2 Å². The van der Waals surface area contributed by atoms with E-state index in [1.165, 1.54) is 5.56 Å². The van der Waals surface area contributed by atoms with Gasteiger partial charge in [0.15, 0.2) is 11.7 Å². The van der Waals surface area contributed by atoms with Crippen LogP contribution in [0.2, 0.25) is 0 Å². The molecule has 0 radical (unpaired) electrons. The van der Waals surface area contributed by atoms with Gasteiger partial charge in [-0.15, -0.1) is 0 Å². The number of para-hydroxylation sites is 2. The van der Waals surface area contributed by atoms with Crippen LogP contribution >= 0.6 is 0 Å². The van der Waals surface area contributed by atoms with E-state index in [4.69, 9.17) is 9.15 Å². The Bertz CT molecular complexity index is 1030.